The Morgan fingerprint density at radius 1 is 0.438 bits per heavy atom. The standard InChI is InChI=1S/C42H30N4O2/c1-42(2)31-23-21-29(41-44-39(27-13-5-3-6-14-27)43-40(45-41)28-15-7-4-8-16-28)25-37(31)48-38-26-30(22-24-32(38)42)46-33-17-9-11-19-35(33)47-36-20-12-10-18-34(36)46/h3-26H,1-2H3. The Balaban J connectivity index is 1.15. The third kappa shape index (κ3) is 4.61. The van der Waals surface area contributed by atoms with Crippen molar-refractivity contribution in [1.82, 2.24) is 15.0 Å². The van der Waals surface area contributed by atoms with Gasteiger partial charge in [0, 0.05) is 39.3 Å². The Hall–Kier alpha value is -6.27. The first-order chi connectivity index (χ1) is 23.5. The molecule has 0 bridgehead atoms. The van der Waals surface area contributed by atoms with E-state index in [1.54, 1.807) is 0 Å². The van der Waals surface area contributed by atoms with Crippen molar-refractivity contribution >= 4 is 17.1 Å². The van der Waals surface area contributed by atoms with Gasteiger partial charge in [-0.1, -0.05) is 117 Å². The number of benzene rings is 6. The fraction of sp³-hybridized carbons (Fsp3) is 0.0714. The van der Waals surface area contributed by atoms with Crippen LogP contribution in [0.5, 0.6) is 23.0 Å². The summed E-state index contributed by atoms with van der Waals surface area (Å²) in [5.41, 5.74) is 7.60. The van der Waals surface area contributed by atoms with Crippen molar-refractivity contribution in [3.05, 3.63) is 157 Å². The molecular weight excluding hydrogens is 592 g/mol. The average molecular weight is 623 g/mol. The van der Waals surface area contributed by atoms with E-state index < -0.39 is 0 Å². The lowest BCUT2D eigenvalue weighted by atomic mass is 9.75. The number of nitrogens with zero attached hydrogens (tertiary/aromatic N) is 4. The molecule has 0 radical (unpaired) electrons. The molecule has 0 aliphatic carbocycles. The lowest BCUT2D eigenvalue weighted by Crippen LogP contribution is -2.25. The van der Waals surface area contributed by atoms with E-state index in [1.165, 1.54) is 0 Å². The van der Waals surface area contributed by atoms with Gasteiger partial charge in [0.15, 0.2) is 29.0 Å². The van der Waals surface area contributed by atoms with Crippen molar-refractivity contribution in [1.29, 1.82) is 0 Å². The van der Waals surface area contributed by atoms with Crippen LogP contribution < -0.4 is 14.4 Å². The molecule has 2 aliphatic heterocycles. The van der Waals surface area contributed by atoms with Gasteiger partial charge < -0.3 is 14.4 Å². The molecule has 2 aliphatic rings. The quantitative estimate of drug-likeness (QED) is 0.195. The van der Waals surface area contributed by atoms with Gasteiger partial charge in [-0.2, -0.15) is 0 Å². The molecule has 0 saturated heterocycles. The van der Waals surface area contributed by atoms with E-state index in [-0.39, 0.29) is 5.41 Å². The second-order valence-electron chi connectivity index (χ2n) is 12.5. The highest BCUT2D eigenvalue weighted by Crippen LogP contribution is 2.54. The van der Waals surface area contributed by atoms with Crippen molar-refractivity contribution in [3.8, 4) is 57.2 Å². The SMILES string of the molecule is CC1(C)c2ccc(-c3nc(-c4ccccc4)nc(-c4ccccc4)n3)cc2Oc2cc(N3c4ccccc4Oc4ccccc43)ccc21. The summed E-state index contributed by atoms with van der Waals surface area (Å²) < 4.78 is 13.0. The van der Waals surface area contributed by atoms with Gasteiger partial charge >= 0.3 is 0 Å². The van der Waals surface area contributed by atoms with E-state index in [2.05, 4.69) is 67.3 Å². The minimum atomic E-state index is -0.301. The maximum absolute atomic E-state index is 6.78. The number of para-hydroxylation sites is 4. The van der Waals surface area contributed by atoms with Crippen LogP contribution in [0.1, 0.15) is 25.0 Å². The second-order valence-corrected chi connectivity index (χ2v) is 12.5. The lowest BCUT2D eigenvalue weighted by molar-refractivity contribution is 0.418. The summed E-state index contributed by atoms with van der Waals surface area (Å²) in [6.45, 7) is 4.49. The highest BCUT2D eigenvalue weighted by atomic mass is 16.5. The summed E-state index contributed by atoms with van der Waals surface area (Å²) in [7, 11) is 0. The van der Waals surface area contributed by atoms with Gasteiger partial charge in [-0.25, -0.2) is 15.0 Å². The molecule has 230 valence electrons. The van der Waals surface area contributed by atoms with Crippen LogP contribution in [0.4, 0.5) is 17.1 Å². The molecule has 1 aromatic heterocycles. The van der Waals surface area contributed by atoms with Gasteiger partial charge in [0.25, 0.3) is 0 Å². The van der Waals surface area contributed by atoms with Crippen molar-refractivity contribution in [3.63, 3.8) is 0 Å². The normalized spacial score (nSPS) is 13.7. The molecule has 7 aromatic rings. The van der Waals surface area contributed by atoms with Gasteiger partial charge in [0.05, 0.1) is 17.1 Å². The molecule has 0 atom stereocenters. The maximum Gasteiger partial charge on any atom is 0.164 e. The average Bonchev–Trinajstić information content (AvgIpc) is 3.14. The van der Waals surface area contributed by atoms with Crippen LogP contribution in [0.2, 0.25) is 0 Å². The molecular formula is C42H30N4O2. The van der Waals surface area contributed by atoms with E-state index in [9.17, 15) is 0 Å². The molecule has 0 N–H and O–H groups in total. The number of fused-ring (bicyclic) bond motifs is 4. The zero-order valence-electron chi connectivity index (χ0n) is 26.5. The molecule has 6 nitrogen and oxygen atoms in total. The van der Waals surface area contributed by atoms with Crippen LogP contribution in [0.25, 0.3) is 34.2 Å². The summed E-state index contributed by atoms with van der Waals surface area (Å²) in [6.07, 6.45) is 0. The first kappa shape index (κ1) is 28.0. The zero-order valence-corrected chi connectivity index (χ0v) is 26.5. The largest absolute Gasteiger partial charge is 0.457 e. The first-order valence-corrected chi connectivity index (χ1v) is 16.0. The molecule has 0 spiro atoms. The van der Waals surface area contributed by atoms with Gasteiger partial charge in [0.1, 0.15) is 11.5 Å². The van der Waals surface area contributed by atoms with E-state index in [0.29, 0.717) is 17.5 Å². The third-order valence-corrected chi connectivity index (χ3v) is 9.16. The van der Waals surface area contributed by atoms with E-state index in [4.69, 9.17) is 24.4 Å². The monoisotopic (exact) mass is 622 g/mol. The molecule has 0 fully saturated rings. The summed E-state index contributed by atoms with van der Waals surface area (Å²) in [5.74, 6) is 5.06. The Bertz CT molecular complexity index is 2230. The van der Waals surface area contributed by atoms with Crippen LogP contribution in [0.15, 0.2) is 146 Å². The number of rotatable bonds is 4. The number of hydrogen-bond donors (Lipinski definition) is 0. The predicted molar refractivity (Wildman–Crippen MR) is 190 cm³/mol. The molecule has 0 amide bonds. The van der Waals surface area contributed by atoms with Crippen molar-refractivity contribution in [2.45, 2.75) is 19.3 Å². The summed E-state index contributed by atoms with van der Waals surface area (Å²) in [4.78, 5) is 17.0. The Kier molecular flexibility index (Phi) is 6.37. The minimum Gasteiger partial charge on any atom is -0.457 e. The molecule has 3 heterocycles. The van der Waals surface area contributed by atoms with Crippen LogP contribution in [0.3, 0.4) is 0 Å². The summed E-state index contributed by atoms with van der Waals surface area (Å²) in [6, 6.07) is 49.1. The first-order valence-electron chi connectivity index (χ1n) is 16.0. The maximum atomic E-state index is 6.78. The minimum absolute atomic E-state index is 0.301. The highest BCUT2D eigenvalue weighted by Gasteiger charge is 2.36. The second kappa shape index (κ2) is 10.9. The predicted octanol–water partition coefficient (Wildman–Crippen LogP) is 10.9. The van der Waals surface area contributed by atoms with Crippen molar-refractivity contribution in [2.24, 2.45) is 0 Å². The number of anilines is 3. The van der Waals surface area contributed by atoms with Gasteiger partial charge in [-0.05, 0) is 36.4 Å². The topological polar surface area (TPSA) is 60.4 Å². The molecule has 0 saturated carbocycles. The molecule has 48 heavy (non-hydrogen) atoms. The molecule has 6 heteroatoms. The Morgan fingerprint density at radius 3 is 1.48 bits per heavy atom. The van der Waals surface area contributed by atoms with Crippen LogP contribution in [0, 0.1) is 0 Å². The van der Waals surface area contributed by atoms with E-state index >= 15 is 0 Å². The summed E-state index contributed by atoms with van der Waals surface area (Å²) in [5, 5.41) is 0. The zero-order chi connectivity index (χ0) is 32.2. The van der Waals surface area contributed by atoms with Crippen LogP contribution in [-0.4, -0.2) is 15.0 Å². The van der Waals surface area contributed by atoms with Gasteiger partial charge in [-0.15, -0.1) is 0 Å². The van der Waals surface area contributed by atoms with Crippen LogP contribution in [-0.2, 0) is 5.41 Å². The lowest BCUT2D eigenvalue weighted by Gasteiger charge is -2.37. The van der Waals surface area contributed by atoms with E-state index in [1.807, 2.05) is 97.1 Å². The number of aromatic nitrogens is 3. The Labute approximate surface area is 279 Å². The van der Waals surface area contributed by atoms with Crippen LogP contribution >= 0.6 is 0 Å². The van der Waals surface area contributed by atoms with Gasteiger partial charge in [-0.3, -0.25) is 0 Å². The summed E-state index contributed by atoms with van der Waals surface area (Å²) >= 11 is 0. The smallest absolute Gasteiger partial charge is 0.164 e. The number of hydrogen-bond acceptors (Lipinski definition) is 6. The molecule has 9 rings (SSSR count). The van der Waals surface area contributed by atoms with Crippen molar-refractivity contribution in [2.75, 3.05) is 4.90 Å². The van der Waals surface area contributed by atoms with E-state index in [0.717, 1.165) is 67.9 Å². The molecule has 0 unspecified atom stereocenters. The highest BCUT2D eigenvalue weighted by molar-refractivity contribution is 5.87. The number of ether oxygens (including phenoxy) is 2. The fourth-order valence-electron chi connectivity index (χ4n) is 6.70. The fourth-order valence-corrected chi connectivity index (χ4v) is 6.70. The third-order valence-electron chi connectivity index (χ3n) is 9.16. The Morgan fingerprint density at radius 2 is 0.896 bits per heavy atom. The molecule has 6 aromatic carbocycles. The van der Waals surface area contributed by atoms with Gasteiger partial charge in [0.2, 0.25) is 0 Å². The van der Waals surface area contributed by atoms with Crippen molar-refractivity contribution < 1.29 is 9.47 Å².